The fourth-order valence-corrected chi connectivity index (χ4v) is 3.09. The van der Waals surface area contributed by atoms with Gasteiger partial charge in [0.25, 0.3) is 5.91 Å². The van der Waals surface area contributed by atoms with E-state index in [1.807, 2.05) is 25.3 Å². The molecule has 5 nitrogen and oxygen atoms in total. The average molecular weight is 359 g/mol. The van der Waals surface area contributed by atoms with Crippen molar-refractivity contribution < 1.29 is 13.6 Å². The maximum absolute atomic E-state index is 13.2. The van der Waals surface area contributed by atoms with Gasteiger partial charge in [-0.15, -0.1) is 0 Å². The first-order valence-electron chi connectivity index (χ1n) is 7.68. The van der Waals surface area contributed by atoms with E-state index in [2.05, 4.69) is 4.98 Å². The van der Waals surface area contributed by atoms with E-state index in [-0.39, 0.29) is 11.7 Å². The van der Waals surface area contributed by atoms with Crippen molar-refractivity contribution in [2.24, 2.45) is 0 Å². The molecule has 7 heteroatoms. The van der Waals surface area contributed by atoms with Gasteiger partial charge in [-0.1, -0.05) is 11.8 Å². The first-order valence-corrected chi connectivity index (χ1v) is 8.90. The quantitative estimate of drug-likeness (QED) is 0.648. The average Bonchev–Trinajstić information content (AvgIpc) is 3.20. The number of carbonyl (C=O) groups is 1. The molecule has 0 atom stereocenters. The van der Waals surface area contributed by atoms with Crippen LogP contribution in [0.5, 0.6) is 0 Å². The topological polar surface area (TPSA) is 51.3 Å². The summed E-state index contributed by atoms with van der Waals surface area (Å²) < 4.78 is 20.5. The predicted molar refractivity (Wildman–Crippen MR) is 94.5 cm³/mol. The van der Waals surface area contributed by atoms with E-state index < -0.39 is 0 Å². The fraction of sp³-hybridized carbons (Fsp3) is 0.222. The Hall–Kier alpha value is -2.54. The third-order valence-corrected chi connectivity index (χ3v) is 4.40. The summed E-state index contributed by atoms with van der Waals surface area (Å²) in [5.41, 5.74) is 1.11. The molecular formula is C18H18FN3O2S. The van der Waals surface area contributed by atoms with E-state index in [0.717, 1.165) is 5.76 Å². The van der Waals surface area contributed by atoms with Crippen LogP contribution < -0.4 is 0 Å². The van der Waals surface area contributed by atoms with Crippen LogP contribution in [0.3, 0.4) is 0 Å². The molecule has 0 unspecified atom stereocenters. The Labute approximate surface area is 149 Å². The van der Waals surface area contributed by atoms with Crippen molar-refractivity contribution >= 4 is 17.7 Å². The van der Waals surface area contributed by atoms with Crippen molar-refractivity contribution in [2.75, 3.05) is 13.3 Å². The predicted octanol–water partition coefficient (Wildman–Crippen LogP) is 3.91. The van der Waals surface area contributed by atoms with E-state index in [1.54, 1.807) is 34.8 Å². The molecule has 0 saturated heterocycles. The number of thioether (sulfide) groups is 1. The van der Waals surface area contributed by atoms with Gasteiger partial charge in [0, 0.05) is 12.7 Å². The van der Waals surface area contributed by atoms with Crippen molar-refractivity contribution in [3.05, 3.63) is 65.6 Å². The van der Waals surface area contributed by atoms with E-state index in [0.29, 0.717) is 28.8 Å². The summed E-state index contributed by atoms with van der Waals surface area (Å²) in [6.45, 7) is 2.22. The van der Waals surface area contributed by atoms with Crippen LogP contribution in [0.4, 0.5) is 4.39 Å². The highest BCUT2D eigenvalue weighted by Crippen LogP contribution is 2.23. The molecule has 130 valence electrons. The zero-order valence-electron chi connectivity index (χ0n) is 14.2. The van der Waals surface area contributed by atoms with E-state index >= 15 is 0 Å². The third kappa shape index (κ3) is 3.61. The van der Waals surface area contributed by atoms with Gasteiger partial charge < -0.3 is 9.32 Å². The molecule has 25 heavy (non-hydrogen) atoms. The Kier molecular flexibility index (Phi) is 4.94. The van der Waals surface area contributed by atoms with Gasteiger partial charge >= 0.3 is 0 Å². The van der Waals surface area contributed by atoms with Gasteiger partial charge in [-0.2, -0.15) is 0 Å². The summed E-state index contributed by atoms with van der Waals surface area (Å²) in [6.07, 6.45) is 3.42. The maximum atomic E-state index is 13.2. The van der Waals surface area contributed by atoms with Gasteiger partial charge in [0.1, 0.15) is 23.0 Å². The van der Waals surface area contributed by atoms with Crippen molar-refractivity contribution in [1.29, 1.82) is 0 Å². The van der Waals surface area contributed by atoms with Crippen LogP contribution in [-0.2, 0) is 6.54 Å². The van der Waals surface area contributed by atoms with Crippen molar-refractivity contribution in [3.8, 4) is 5.69 Å². The number of benzene rings is 1. The van der Waals surface area contributed by atoms with Crippen LogP contribution in [-0.4, -0.2) is 33.7 Å². The number of imidazole rings is 1. The van der Waals surface area contributed by atoms with Crippen molar-refractivity contribution in [1.82, 2.24) is 14.5 Å². The lowest BCUT2D eigenvalue weighted by Crippen LogP contribution is -2.28. The van der Waals surface area contributed by atoms with Crippen LogP contribution >= 0.6 is 11.8 Å². The summed E-state index contributed by atoms with van der Waals surface area (Å²) in [5.74, 6) is 1.00. The number of aromatic nitrogens is 2. The monoisotopic (exact) mass is 359 g/mol. The number of furan rings is 1. The van der Waals surface area contributed by atoms with E-state index in [9.17, 15) is 9.18 Å². The highest BCUT2D eigenvalue weighted by atomic mass is 32.2. The second-order valence-electron chi connectivity index (χ2n) is 5.62. The van der Waals surface area contributed by atoms with Gasteiger partial charge in [-0.05, 0) is 49.6 Å². The molecule has 0 radical (unpaired) electrons. The lowest BCUT2D eigenvalue weighted by Gasteiger charge is -2.17. The Morgan fingerprint density at radius 1 is 1.28 bits per heavy atom. The lowest BCUT2D eigenvalue weighted by atomic mass is 10.3. The van der Waals surface area contributed by atoms with Gasteiger partial charge in [0.2, 0.25) is 0 Å². The number of hydrogen-bond acceptors (Lipinski definition) is 4. The van der Waals surface area contributed by atoms with Gasteiger partial charge in [-0.3, -0.25) is 9.36 Å². The van der Waals surface area contributed by atoms with Crippen LogP contribution in [0.15, 0.2) is 52.2 Å². The minimum atomic E-state index is -0.326. The van der Waals surface area contributed by atoms with E-state index in [4.69, 9.17) is 4.42 Å². The number of carbonyl (C=O) groups excluding carboxylic acids is 1. The standard InChI is InChI=1S/C18H18FN3O2S/c1-12-4-9-15(24-12)11-21(2)17(23)16-10-20-18(25-3)22(16)14-7-5-13(19)6-8-14/h4-10H,11H2,1-3H3. The van der Waals surface area contributed by atoms with E-state index in [1.165, 1.54) is 23.9 Å². The Morgan fingerprint density at radius 3 is 2.60 bits per heavy atom. The molecule has 0 aliphatic carbocycles. The Bertz CT molecular complexity index is 886. The SMILES string of the molecule is CSc1ncc(C(=O)N(C)Cc2ccc(C)o2)n1-c1ccc(F)cc1. The highest BCUT2D eigenvalue weighted by molar-refractivity contribution is 7.98. The zero-order chi connectivity index (χ0) is 18.0. The molecule has 0 fully saturated rings. The number of rotatable bonds is 5. The molecule has 3 rings (SSSR count). The molecule has 3 aromatic rings. The molecule has 1 aromatic carbocycles. The summed E-state index contributed by atoms with van der Waals surface area (Å²) in [7, 11) is 1.71. The Balaban J connectivity index is 1.92. The number of nitrogens with zero attached hydrogens (tertiary/aromatic N) is 3. The first-order chi connectivity index (χ1) is 12.0. The molecule has 0 spiro atoms. The van der Waals surface area contributed by atoms with Crippen LogP contribution in [0.2, 0.25) is 0 Å². The van der Waals surface area contributed by atoms with Gasteiger partial charge in [0.05, 0.1) is 12.7 Å². The third-order valence-electron chi connectivity index (χ3n) is 3.75. The molecule has 0 N–H and O–H groups in total. The fourth-order valence-electron chi connectivity index (χ4n) is 2.54. The largest absolute Gasteiger partial charge is 0.464 e. The molecule has 2 heterocycles. The Morgan fingerprint density at radius 2 is 2.00 bits per heavy atom. The van der Waals surface area contributed by atoms with Gasteiger partial charge in [-0.25, -0.2) is 9.37 Å². The number of amides is 1. The molecule has 0 aliphatic heterocycles. The van der Waals surface area contributed by atoms with Crippen LogP contribution in [0, 0.1) is 12.7 Å². The molecule has 0 aliphatic rings. The molecule has 0 saturated carbocycles. The summed E-state index contributed by atoms with van der Waals surface area (Å²) in [4.78, 5) is 18.8. The molecule has 0 bridgehead atoms. The normalized spacial score (nSPS) is 10.9. The second kappa shape index (κ2) is 7.14. The summed E-state index contributed by atoms with van der Waals surface area (Å²) in [5, 5.41) is 0.664. The lowest BCUT2D eigenvalue weighted by molar-refractivity contribution is 0.0766. The number of halogens is 1. The minimum absolute atomic E-state index is 0.189. The minimum Gasteiger partial charge on any atom is -0.464 e. The molecular weight excluding hydrogens is 341 g/mol. The van der Waals surface area contributed by atoms with Crippen molar-refractivity contribution in [3.63, 3.8) is 0 Å². The smallest absolute Gasteiger partial charge is 0.272 e. The van der Waals surface area contributed by atoms with Crippen molar-refractivity contribution in [2.45, 2.75) is 18.6 Å². The van der Waals surface area contributed by atoms with Gasteiger partial charge in [0.15, 0.2) is 5.16 Å². The molecule has 2 aromatic heterocycles. The van der Waals surface area contributed by atoms with Crippen LogP contribution in [0.25, 0.3) is 5.69 Å². The summed E-state index contributed by atoms with van der Waals surface area (Å²) in [6, 6.07) is 9.70. The number of hydrogen-bond donors (Lipinski definition) is 0. The number of aryl methyl sites for hydroxylation is 1. The zero-order valence-corrected chi connectivity index (χ0v) is 15.0. The second-order valence-corrected chi connectivity index (χ2v) is 6.39. The molecule has 1 amide bonds. The first kappa shape index (κ1) is 17.3. The maximum Gasteiger partial charge on any atom is 0.272 e. The summed E-state index contributed by atoms with van der Waals surface area (Å²) >= 11 is 1.42. The highest BCUT2D eigenvalue weighted by Gasteiger charge is 2.21. The van der Waals surface area contributed by atoms with Crippen LogP contribution in [0.1, 0.15) is 22.0 Å².